The van der Waals surface area contributed by atoms with Gasteiger partial charge in [0.1, 0.15) is 5.75 Å². The molecule has 0 saturated heterocycles. The minimum Gasteiger partial charge on any atom is -0.484 e. The predicted molar refractivity (Wildman–Crippen MR) is 84.5 cm³/mol. The first-order valence-electron chi connectivity index (χ1n) is 5.99. The summed E-state index contributed by atoms with van der Waals surface area (Å²) in [6.07, 6.45) is 0. The van der Waals surface area contributed by atoms with Crippen LogP contribution >= 0.6 is 27.5 Å². The van der Waals surface area contributed by atoms with Crippen LogP contribution in [0.15, 0.2) is 46.9 Å². The highest BCUT2D eigenvalue weighted by atomic mass is 79.9. The van der Waals surface area contributed by atoms with Crippen molar-refractivity contribution < 1.29 is 9.53 Å². The van der Waals surface area contributed by atoms with Crippen LogP contribution in [-0.2, 0) is 4.79 Å². The number of anilines is 1. The zero-order valence-electron chi connectivity index (χ0n) is 10.8. The van der Waals surface area contributed by atoms with Gasteiger partial charge in [0, 0.05) is 15.2 Å². The number of benzene rings is 2. The van der Waals surface area contributed by atoms with Crippen LogP contribution < -0.4 is 10.1 Å². The first-order valence-corrected chi connectivity index (χ1v) is 7.16. The van der Waals surface area contributed by atoms with Gasteiger partial charge in [-0.25, -0.2) is 0 Å². The quantitative estimate of drug-likeness (QED) is 0.882. The maximum absolute atomic E-state index is 11.8. The van der Waals surface area contributed by atoms with E-state index in [0.717, 1.165) is 15.7 Å². The molecular formula is C15H13BrClNO2. The highest BCUT2D eigenvalue weighted by molar-refractivity contribution is 9.10. The Bertz CT molecular complexity index is 614. The number of rotatable bonds is 4. The fourth-order valence-corrected chi connectivity index (χ4v) is 2.23. The van der Waals surface area contributed by atoms with Crippen LogP contribution in [0.1, 0.15) is 5.56 Å². The van der Waals surface area contributed by atoms with Crippen molar-refractivity contribution in [1.29, 1.82) is 0 Å². The van der Waals surface area contributed by atoms with Crippen LogP contribution in [-0.4, -0.2) is 12.5 Å². The second kappa shape index (κ2) is 6.77. The Morgan fingerprint density at radius 1 is 1.25 bits per heavy atom. The van der Waals surface area contributed by atoms with Crippen molar-refractivity contribution in [3.63, 3.8) is 0 Å². The first kappa shape index (κ1) is 14.9. The molecule has 3 nitrogen and oxygen atoms in total. The van der Waals surface area contributed by atoms with Crippen molar-refractivity contribution in [3.8, 4) is 5.75 Å². The van der Waals surface area contributed by atoms with Gasteiger partial charge in [-0.2, -0.15) is 0 Å². The summed E-state index contributed by atoms with van der Waals surface area (Å²) < 4.78 is 6.36. The molecule has 0 heterocycles. The van der Waals surface area contributed by atoms with Crippen molar-refractivity contribution in [1.82, 2.24) is 0 Å². The Morgan fingerprint density at radius 2 is 1.95 bits per heavy atom. The van der Waals surface area contributed by atoms with Crippen molar-refractivity contribution in [3.05, 3.63) is 57.5 Å². The van der Waals surface area contributed by atoms with Gasteiger partial charge in [-0.3, -0.25) is 4.79 Å². The second-order valence-corrected chi connectivity index (χ2v) is 5.60. The van der Waals surface area contributed by atoms with E-state index >= 15 is 0 Å². The lowest BCUT2D eigenvalue weighted by molar-refractivity contribution is -0.118. The van der Waals surface area contributed by atoms with Gasteiger partial charge in [-0.05, 0) is 55.0 Å². The van der Waals surface area contributed by atoms with Crippen molar-refractivity contribution >= 4 is 39.1 Å². The number of halogens is 2. The molecule has 0 bridgehead atoms. The number of aryl methyl sites for hydroxylation is 1. The van der Waals surface area contributed by atoms with Gasteiger partial charge in [0.05, 0.1) is 0 Å². The molecule has 1 amide bonds. The zero-order valence-corrected chi connectivity index (χ0v) is 13.2. The van der Waals surface area contributed by atoms with Crippen molar-refractivity contribution in [2.24, 2.45) is 0 Å². The molecule has 0 aliphatic rings. The molecule has 1 N–H and O–H groups in total. The molecule has 0 fully saturated rings. The highest BCUT2D eigenvalue weighted by Gasteiger charge is 2.06. The third-order valence-corrected chi connectivity index (χ3v) is 3.39. The lowest BCUT2D eigenvalue weighted by atomic mass is 10.2. The van der Waals surface area contributed by atoms with Crippen LogP contribution in [0.25, 0.3) is 0 Å². The predicted octanol–water partition coefficient (Wildman–Crippen LogP) is 4.43. The smallest absolute Gasteiger partial charge is 0.262 e. The number of amides is 1. The van der Waals surface area contributed by atoms with E-state index in [2.05, 4.69) is 21.2 Å². The van der Waals surface area contributed by atoms with E-state index in [1.165, 1.54) is 0 Å². The van der Waals surface area contributed by atoms with Gasteiger partial charge >= 0.3 is 0 Å². The van der Waals surface area contributed by atoms with Gasteiger partial charge in [0.25, 0.3) is 5.91 Å². The Labute approximate surface area is 131 Å². The van der Waals surface area contributed by atoms with Gasteiger partial charge in [-0.15, -0.1) is 0 Å². The van der Waals surface area contributed by atoms with E-state index in [4.69, 9.17) is 16.3 Å². The van der Waals surface area contributed by atoms with E-state index in [0.29, 0.717) is 10.8 Å². The summed E-state index contributed by atoms with van der Waals surface area (Å²) >= 11 is 9.15. The van der Waals surface area contributed by atoms with Crippen LogP contribution in [0.5, 0.6) is 5.75 Å². The molecule has 2 aromatic carbocycles. The van der Waals surface area contributed by atoms with Gasteiger partial charge in [-0.1, -0.05) is 27.5 Å². The number of hydrogen-bond donors (Lipinski definition) is 1. The Morgan fingerprint density at radius 3 is 2.60 bits per heavy atom. The Hall–Kier alpha value is -1.52. The van der Waals surface area contributed by atoms with E-state index in [1.54, 1.807) is 24.3 Å². The third kappa shape index (κ3) is 4.25. The van der Waals surface area contributed by atoms with Crippen molar-refractivity contribution in [2.45, 2.75) is 6.92 Å². The molecule has 2 aromatic rings. The van der Waals surface area contributed by atoms with Gasteiger partial charge in [0.2, 0.25) is 0 Å². The lowest BCUT2D eigenvalue weighted by Crippen LogP contribution is -2.20. The SMILES string of the molecule is Cc1cc(Br)ccc1NC(=O)COc1ccc(Cl)cc1. The Balaban J connectivity index is 1.90. The topological polar surface area (TPSA) is 38.3 Å². The molecule has 20 heavy (non-hydrogen) atoms. The lowest BCUT2D eigenvalue weighted by Gasteiger charge is -2.10. The Kier molecular flexibility index (Phi) is 5.04. The molecule has 0 radical (unpaired) electrons. The van der Waals surface area contributed by atoms with Crippen LogP contribution in [0.4, 0.5) is 5.69 Å². The highest BCUT2D eigenvalue weighted by Crippen LogP contribution is 2.20. The summed E-state index contributed by atoms with van der Waals surface area (Å²) in [5.41, 5.74) is 1.76. The van der Waals surface area contributed by atoms with E-state index in [1.807, 2.05) is 25.1 Å². The zero-order chi connectivity index (χ0) is 14.5. The first-order chi connectivity index (χ1) is 9.54. The minimum absolute atomic E-state index is 0.0445. The summed E-state index contributed by atoms with van der Waals surface area (Å²) in [6.45, 7) is 1.89. The number of nitrogens with one attached hydrogen (secondary N) is 1. The number of ether oxygens (including phenoxy) is 1. The second-order valence-electron chi connectivity index (χ2n) is 4.25. The molecule has 2 rings (SSSR count). The van der Waals surface area contributed by atoms with E-state index < -0.39 is 0 Å². The fourth-order valence-electron chi connectivity index (χ4n) is 1.63. The average molecular weight is 355 g/mol. The number of hydrogen-bond acceptors (Lipinski definition) is 2. The summed E-state index contributed by atoms with van der Waals surface area (Å²) in [4.78, 5) is 11.8. The molecule has 104 valence electrons. The fraction of sp³-hybridized carbons (Fsp3) is 0.133. The van der Waals surface area contributed by atoms with Crippen LogP contribution in [0.2, 0.25) is 5.02 Å². The summed E-state index contributed by atoms with van der Waals surface area (Å²) in [6, 6.07) is 12.5. The normalized spacial score (nSPS) is 10.2. The molecule has 0 spiro atoms. The average Bonchev–Trinajstić information content (AvgIpc) is 2.41. The molecule has 0 saturated carbocycles. The molecule has 0 aromatic heterocycles. The standard InChI is InChI=1S/C15H13BrClNO2/c1-10-8-11(16)2-7-14(10)18-15(19)9-20-13-5-3-12(17)4-6-13/h2-8H,9H2,1H3,(H,18,19). The van der Waals surface area contributed by atoms with Crippen LogP contribution in [0.3, 0.4) is 0 Å². The molecule has 0 atom stereocenters. The molecule has 0 unspecified atom stereocenters. The molecule has 5 heteroatoms. The maximum atomic E-state index is 11.8. The maximum Gasteiger partial charge on any atom is 0.262 e. The van der Waals surface area contributed by atoms with Crippen molar-refractivity contribution in [2.75, 3.05) is 11.9 Å². The summed E-state index contributed by atoms with van der Waals surface area (Å²) in [5, 5.41) is 3.44. The van der Waals surface area contributed by atoms with Gasteiger partial charge in [0.15, 0.2) is 6.61 Å². The number of carbonyl (C=O) groups is 1. The van der Waals surface area contributed by atoms with Gasteiger partial charge < -0.3 is 10.1 Å². The minimum atomic E-state index is -0.203. The number of carbonyl (C=O) groups excluding carboxylic acids is 1. The molecule has 0 aliphatic heterocycles. The largest absolute Gasteiger partial charge is 0.484 e. The third-order valence-electron chi connectivity index (χ3n) is 2.65. The summed E-state index contributed by atoms with van der Waals surface area (Å²) in [7, 11) is 0. The van der Waals surface area contributed by atoms with Crippen LogP contribution in [0, 0.1) is 6.92 Å². The monoisotopic (exact) mass is 353 g/mol. The molecular weight excluding hydrogens is 342 g/mol. The summed E-state index contributed by atoms with van der Waals surface area (Å²) in [5.74, 6) is 0.405. The van der Waals surface area contributed by atoms with E-state index in [-0.39, 0.29) is 12.5 Å². The van der Waals surface area contributed by atoms with E-state index in [9.17, 15) is 4.79 Å². The molecule has 0 aliphatic carbocycles.